The van der Waals surface area contributed by atoms with E-state index in [1.807, 2.05) is 0 Å². The Bertz CT molecular complexity index is 709. The summed E-state index contributed by atoms with van der Waals surface area (Å²) in [6.45, 7) is 1.66. The zero-order chi connectivity index (χ0) is 15.4. The van der Waals surface area contributed by atoms with Crippen LogP contribution in [0.4, 0.5) is 8.78 Å². The molecule has 2 rings (SSSR count). The van der Waals surface area contributed by atoms with Crippen LogP contribution in [0.5, 0.6) is 11.5 Å². The number of carboxylic acids is 1. The zero-order valence-electron chi connectivity index (χ0n) is 11.1. The van der Waals surface area contributed by atoms with Crippen LogP contribution in [0.3, 0.4) is 0 Å². The summed E-state index contributed by atoms with van der Waals surface area (Å²) in [5.41, 5.74) is 0.566. The van der Waals surface area contributed by atoms with Gasteiger partial charge in [-0.1, -0.05) is 6.07 Å². The van der Waals surface area contributed by atoms with Gasteiger partial charge in [0.25, 0.3) is 0 Å². The summed E-state index contributed by atoms with van der Waals surface area (Å²) in [5, 5.41) is 8.63. The summed E-state index contributed by atoms with van der Waals surface area (Å²) in [5.74, 6) is -1.67. The number of halogens is 2. The van der Waals surface area contributed by atoms with Crippen molar-refractivity contribution >= 4 is 12.0 Å². The number of hydrogen-bond acceptors (Lipinski definition) is 2. The molecule has 0 saturated heterocycles. The Balaban J connectivity index is 2.40. The van der Waals surface area contributed by atoms with E-state index in [0.29, 0.717) is 11.3 Å². The van der Waals surface area contributed by atoms with Gasteiger partial charge in [-0.05, 0) is 48.9 Å². The van der Waals surface area contributed by atoms with Gasteiger partial charge in [0, 0.05) is 6.08 Å². The lowest BCUT2D eigenvalue weighted by molar-refractivity contribution is -0.131. The van der Waals surface area contributed by atoms with Gasteiger partial charge in [0.1, 0.15) is 23.1 Å². The maximum absolute atomic E-state index is 13.8. The molecule has 5 heteroatoms. The van der Waals surface area contributed by atoms with Crippen molar-refractivity contribution in [1.82, 2.24) is 0 Å². The molecule has 1 N–H and O–H groups in total. The summed E-state index contributed by atoms with van der Waals surface area (Å²) in [7, 11) is 0. The SMILES string of the molecule is Cc1cc(F)ccc1Oc1cccc(F)c1/C=C/C(=O)O. The zero-order valence-corrected chi connectivity index (χ0v) is 11.1. The van der Waals surface area contributed by atoms with Crippen LogP contribution in [-0.4, -0.2) is 11.1 Å². The van der Waals surface area contributed by atoms with Crippen molar-refractivity contribution in [3.8, 4) is 11.5 Å². The largest absolute Gasteiger partial charge is 0.478 e. The van der Waals surface area contributed by atoms with Gasteiger partial charge in [0.15, 0.2) is 0 Å². The average molecular weight is 290 g/mol. The van der Waals surface area contributed by atoms with Crippen LogP contribution < -0.4 is 4.74 Å². The van der Waals surface area contributed by atoms with Crippen LogP contribution in [0.25, 0.3) is 6.08 Å². The van der Waals surface area contributed by atoms with Crippen LogP contribution in [0, 0.1) is 18.6 Å². The van der Waals surface area contributed by atoms with Crippen molar-refractivity contribution < 1.29 is 23.4 Å². The molecule has 0 aliphatic rings. The summed E-state index contributed by atoms with van der Waals surface area (Å²) in [6, 6.07) is 8.11. The molecule has 0 atom stereocenters. The van der Waals surface area contributed by atoms with Gasteiger partial charge in [-0.2, -0.15) is 0 Å². The Morgan fingerprint density at radius 2 is 1.95 bits per heavy atom. The van der Waals surface area contributed by atoms with E-state index in [1.165, 1.54) is 36.4 Å². The maximum Gasteiger partial charge on any atom is 0.328 e. The second-order valence-electron chi connectivity index (χ2n) is 4.34. The van der Waals surface area contributed by atoms with Crippen LogP contribution in [0.1, 0.15) is 11.1 Å². The standard InChI is InChI=1S/C16H12F2O3/c1-10-9-11(17)5-7-14(10)21-15-4-2-3-13(18)12(15)6-8-16(19)20/h2-9H,1H3,(H,19,20)/b8-6+. The molecular weight excluding hydrogens is 278 g/mol. The molecule has 0 unspecified atom stereocenters. The van der Waals surface area contributed by atoms with Crippen LogP contribution in [0.15, 0.2) is 42.5 Å². The van der Waals surface area contributed by atoms with Crippen molar-refractivity contribution in [1.29, 1.82) is 0 Å². The van der Waals surface area contributed by atoms with Crippen molar-refractivity contribution in [2.45, 2.75) is 6.92 Å². The third-order valence-corrected chi connectivity index (χ3v) is 2.76. The highest BCUT2D eigenvalue weighted by atomic mass is 19.1. The Hall–Kier alpha value is -2.69. The highest BCUT2D eigenvalue weighted by Crippen LogP contribution is 2.30. The van der Waals surface area contributed by atoms with E-state index in [4.69, 9.17) is 9.84 Å². The minimum Gasteiger partial charge on any atom is -0.478 e. The predicted molar refractivity (Wildman–Crippen MR) is 74.3 cm³/mol. The van der Waals surface area contributed by atoms with E-state index in [0.717, 1.165) is 12.2 Å². The molecule has 2 aromatic carbocycles. The van der Waals surface area contributed by atoms with Crippen molar-refractivity contribution in [3.05, 3.63) is 65.2 Å². The topological polar surface area (TPSA) is 46.5 Å². The lowest BCUT2D eigenvalue weighted by atomic mass is 10.1. The molecule has 3 nitrogen and oxygen atoms in total. The monoisotopic (exact) mass is 290 g/mol. The summed E-state index contributed by atoms with van der Waals surface area (Å²) >= 11 is 0. The number of hydrogen-bond donors (Lipinski definition) is 1. The van der Waals surface area contributed by atoms with Gasteiger partial charge in [0.05, 0.1) is 5.56 Å². The fourth-order valence-corrected chi connectivity index (χ4v) is 1.77. The molecule has 0 radical (unpaired) electrons. The fourth-order valence-electron chi connectivity index (χ4n) is 1.77. The number of carboxylic acid groups (broad SMARTS) is 1. The lowest BCUT2D eigenvalue weighted by Crippen LogP contribution is -1.94. The molecule has 0 spiro atoms. The molecule has 0 amide bonds. The number of aryl methyl sites for hydroxylation is 1. The Morgan fingerprint density at radius 1 is 1.19 bits per heavy atom. The minimum absolute atomic E-state index is 0.0172. The van der Waals surface area contributed by atoms with Crippen LogP contribution in [0.2, 0.25) is 0 Å². The van der Waals surface area contributed by atoms with Crippen LogP contribution >= 0.6 is 0 Å². The third kappa shape index (κ3) is 3.66. The highest BCUT2D eigenvalue weighted by Gasteiger charge is 2.10. The van der Waals surface area contributed by atoms with E-state index in [-0.39, 0.29) is 11.3 Å². The second-order valence-corrected chi connectivity index (χ2v) is 4.34. The van der Waals surface area contributed by atoms with Gasteiger partial charge >= 0.3 is 5.97 Å². The average Bonchev–Trinajstić information content (AvgIpc) is 2.41. The number of carbonyl (C=O) groups is 1. The summed E-state index contributed by atoms with van der Waals surface area (Å²) in [6.07, 6.45) is 1.94. The molecule has 0 saturated carbocycles. The minimum atomic E-state index is -1.19. The molecule has 0 aliphatic heterocycles. The van der Waals surface area contributed by atoms with Gasteiger partial charge in [-0.25, -0.2) is 13.6 Å². The number of benzene rings is 2. The predicted octanol–water partition coefficient (Wildman–Crippen LogP) is 4.16. The molecule has 0 fully saturated rings. The number of rotatable bonds is 4. The van der Waals surface area contributed by atoms with E-state index in [1.54, 1.807) is 6.92 Å². The smallest absolute Gasteiger partial charge is 0.328 e. The molecule has 108 valence electrons. The lowest BCUT2D eigenvalue weighted by Gasteiger charge is -2.11. The normalized spacial score (nSPS) is 10.8. The Morgan fingerprint density at radius 3 is 2.62 bits per heavy atom. The summed E-state index contributed by atoms with van der Waals surface area (Å²) < 4.78 is 32.4. The number of ether oxygens (including phenoxy) is 1. The van der Waals surface area contributed by atoms with Gasteiger partial charge < -0.3 is 9.84 Å². The van der Waals surface area contributed by atoms with E-state index in [9.17, 15) is 13.6 Å². The molecule has 0 bridgehead atoms. The molecule has 21 heavy (non-hydrogen) atoms. The van der Waals surface area contributed by atoms with Gasteiger partial charge in [-0.3, -0.25) is 0 Å². The van der Waals surface area contributed by atoms with E-state index >= 15 is 0 Å². The first-order valence-corrected chi connectivity index (χ1v) is 6.11. The van der Waals surface area contributed by atoms with Gasteiger partial charge in [0.2, 0.25) is 0 Å². The molecule has 0 aliphatic carbocycles. The highest BCUT2D eigenvalue weighted by molar-refractivity contribution is 5.86. The van der Waals surface area contributed by atoms with Gasteiger partial charge in [-0.15, -0.1) is 0 Å². The summed E-state index contributed by atoms with van der Waals surface area (Å²) in [4.78, 5) is 10.6. The Kier molecular flexibility index (Phi) is 4.33. The van der Waals surface area contributed by atoms with Crippen molar-refractivity contribution in [3.63, 3.8) is 0 Å². The first-order valence-electron chi connectivity index (χ1n) is 6.11. The van der Waals surface area contributed by atoms with E-state index in [2.05, 4.69) is 0 Å². The molecule has 0 heterocycles. The fraction of sp³-hybridized carbons (Fsp3) is 0.0625. The maximum atomic E-state index is 13.8. The third-order valence-electron chi connectivity index (χ3n) is 2.76. The van der Waals surface area contributed by atoms with Crippen molar-refractivity contribution in [2.75, 3.05) is 0 Å². The first kappa shape index (κ1) is 14.7. The molecule has 0 aromatic heterocycles. The second kappa shape index (κ2) is 6.17. The van der Waals surface area contributed by atoms with Crippen LogP contribution in [-0.2, 0) is 4.79 Å². The number of aliphatic carboxylic acids is 1. The van der Waals surface area contributed by atoms with Crippen molar-refractivity contribution in [2.24, 2.45) is 0 Å². The Labute approximate surface area is 120 Å². The molecule has 2 aromatic rings. The quantitative estimate of drug-likeness (QED) is 0.860. The molecular formula is C16H12F2O3. The van der Waals surface area contributed by atoms with E-state index < -0.39 is 17.6 Å². The first-order chi connectivity index (χ1) is 9.97.